The van der Waals surface area contributed by atoms with Gasteiger partial charge in [0.05, 0.1) is 6.61 Å². The van der Waals surface area contributed by atoms with E-state index in [4.69, 9.17) is 21.4 Å². The van der Waals surface area contributed by atoms with Crippen molar-refractivity contribution >= 4 is 17.6 Å². The number of carbonyl (C=O) groups is 1. The summed E-state index contributed by atoms with van der Waals surface area (Å²) in [4.78, 5) is 10.4. The van der Waals surface area contributed by atoms with E-state index in [1.165, 1.54) is 0 Å². The van der Waals surface area contributed by atoms with Crippen LogP contribution in [0.2, 0.25) is 0 Å². The highest BCUT2D eigenvalue weighted by Gasteiger charge is 2.12. The predicted molar refractivity (Wildman–Crippen MR) is 58.0 cm³/mol. The van der Waals surface area contributed by atoms with Crippen molar-refractivity contribution in [3.8, 4) is 0 Å². The summed E-state index contributed by atoms with van der Waals surface area (Å²) < 4.78 is 5.29. The monoisotopic (exact) mass is 228 g/mol. The van der Waals surface area contributed by atoms with Gasteiger partial charge in [-0.2, -0.15) is 0 Å². The Morgan fingerprint density at radius 1 is 1.40 bits per heavy atom. The SMILES string of the molecule is O=C(O)C(Cl)CCOCc1ccccc1. The number of hydrogen-bond donors (Lipinski definition) is 1. The van der Waals surface area contributed by atoms with Gasteiger partial charge in [0.25, 0.3) is 0 Å². The zero-order valence-electron chi connectivity index (χ0n) is 8.23. The van der Waals surface area contributed by atoms with Gasteiger partial charge in [-0.25, -0.2) is 0 Å². The lowest BCUT2D eigenvalue weighted by atomic mass is 10.2. The molecule has 0 amide bonds. The van der Waals surface area contributed by atoms with Gasteiger partial charge in [0, 0.05) is 6.61 Å². The highest BCUT2D eigenvalue weighted by atomic mass is 35.5. The third kappa shape index (κ3) is 4.81. The molecule has 0 spiro atoms. The summed E-state index contributed by atoms with van der Waals surface area (Å²) in [6.45, 7) is 0.847. The van der Waals surface area contributed by atoms with Crippen molar-refractivity contribution in [1.29, 1.82) is 0 Å². The molecule has 0 saturated heterocycles. The molecule has 0 bridgehead atoms. The molecule has 15 heavy (non-hydrogen) atoms. The summed E-state index contributed by atoms with van der Waals surface area (Å²) in [6, 6.07) is 9.70. The standard InChI is InChI=1S/C11H13ClO3/c12-10(11(13)14)6-7-15-8-9-4-2-1-3-5-9/h1-5,10H,6-8H2,(H,13,14). The first-order chi connectivity index (χ1) is 7.20. The van der Waals surface area contributed by atoms with E-state index in [-0.39, 0.29) is 0 Å². The summed E-state index contributed by atoms with van der Waals surface area (Å²) in [5.74, 6) is -1.00. The van der Waals surface area contributed by atoms with Crippen molar-refractivity contribution in [1.82, 2.24) is 0 Å². The van der Waals surface area contributed by atoms with Crippen LogP contribution in [0.1, 0.15) is 12.0 Å². The lowest BCUT2D eigenvalue weighted by Gasteiger charge is -2.05. The Bertz CT molecular complexity index is 300. The molecule has 0 heterocycles. The lowest BCUT2D eigenvalue weighted by molar-refractivity contribution is -0.137. The number of hydrogen-bond acceptors (Lipinski definition) is 2. The summed E-state index contributed by atoms with van der Waals surface area (Å²) in [6.07, 6.45) is 0.323. The topological polar surface area (TPSA) is 46.5 Å². The predicted octanol–water partition coefficient (Wildman–Crippen LogP) is 2.29. The first-order valence-corrected chi connectivity index (χ1v) is 5.12. The van der Waals surface area contributed by atoms with Crippen molar-refractivity contribution < 1.29 is 14.6 Å². The molecular weight excluding hydrogens is 216 g/mol. The van der Waals surface area contributed by atoms with Gasteiger partial charge >= 0.3 is 5.97 Å². The van der Waals surface area contributed by atoms with Crippen molar-refractivity contribution in [2.45, 2.75) is 18.4 Å². The minimum atomic E-state index is -1.00. The molecule has 1 unspecified atom stereocenters. The number of rotatable bonds is 6. The largest absolute Gasteiger partial charge is 0.480 e. The number of alkyl halides is 1. The van der Waals surface area contributed by atoms with E-state index in [1.54, 1.807) is 0 Å². The van der Waals surface area contributed by atoms with Gasteiger partial charge in [0.15, 0.2) is 0 Å². The Balaban J connectivity index is 2.15. The maximum Gasteiger partial charge on any atom is 0.321 e. The van der Waals surface area contributed by atoms with Crippen LogP contribution < -0.4 is 0 Å². The lowest BCUT2D eigenvalue weighted by Crippen LogP contribution is -2.15. The minimum Gasteiger partial charge on any atom is -0.480 e. The van der Waals surface area contributed by atoms with Gasteiger partial charge in [-0.1, -0.05) is 30.3 Å². The number of benzene rings is 1. The van der Waals surface area contributed by atoms with E-state index in [2.05, 4.69) is 0 Å². The molecule has 4 heteroatoms. The van der Waals surface area contributed by atoms with Crippen LogP contribution in [0, 0.1) is 0 Å². The fourth-order valence-corrected chi connectivity index (χ4v) is 1.16. The Hall–Kier alpha value is -1.06. The number of ether oxygens (including phenoxy) is 1. The van der Waals surface area contributed by atoms with E-state index in [1.807, 2.05) is 30.3 Å². The van der Waals surface area contributed by atoms with Crippen LogP contribution >= 0.6 is 11.6 Å². The second-order valence-corrected chi connectivity index (χ2v) is 3.66. The van der Waals surface area contributed by atoms with Gasteiger partial charge in [0.2, 0.25) is 0 Å². The molecule has 1 N–H and O–H groups in total. The van der Waals surface area contributed by atoms with E-state index < -0.39 is 11.3 Å². The Labute approximate surface area is 93.6 Å². The fraction of sp³-hybridized carbons (Fsp3) is 0.364. The maximum atomic E-state index is 10.4. The van der Waals surface area contributed by atoms with Crippen LogP contribution in [0.25, 0.3) is 0 Å². The van der Waals surface area contributed by atoms with E-state index >= 15 is 0 Å². The number of aliphatic carboxylic acids is 1. The van der Waals surface area contributed by atoms with Crippen molar-refractivity contribution in [3.63, 3.8) is 0 Å². The molecule has 0 saturated carbocycles. The first-order valence-electron chi connectivity index (χ1n) is 4.68. The van der Waals surface area contributed by atoms with Gasteiger partial charge in [-0.3, -0.25) is 4.79 Å². The minimum absolute atomic E-state index is 0.323. The Morgan fingerprint density at radius 3 is 2.67 bits per heavy atom. The average molecular weight is 229 g/mol. The third-order valence-corrected chi connectivity index (χ3v) is 2.30. The Kier molecular flexibility index (Phi) is 5.15. The van der Waals surface area contributed by atoms with Crippen LogP contribution in [0.4, 0.5) is 0 Å². The second kappa shape index (κ2) is 6.43. The average Bonchev–Trinajstić information content (AvgIpc) is 2.25. The highest BCUT2D eigenvalue weighted by molar-refractivity contribution is 6.29. The van der Waals surface area contributed by atoms with Crippen molar-refractivity contribution in [2.24, 2.45) is 0 Å². The van der Waals surface area contributed by atoms with Crippen molar-refractivity contribution in [2.75, 3.05) is 6.61 Å². The molecule has 0 aromatic heterocycles. The molecule has 1 atom stereocenters. The smallest absolute Gasteiger partial charge is 0.321 e. The van der Waals surface area contributed by atoms with Crippen LogP contribution in [0.5, 0.6) is 0 Å². The van der Waals surface area contributed by atoms with E-state index in [0.717, 1.165) is 5.56 Å². The summed E-state index contributed by atoms with van der Waals surface area (Å²) >= 11 is 5.52. The molecule has 1 aromatic rings. The molecule has 0 radical (unpaired) electrons. The molecular formula is C11H13ClO3. The molecule has 82 valence electrons. The molecule has 1 rings (SSSR count). The van der Waals surface area contributed by atoms with Crippen LogP contribution in [-0.4, -0.2) is 23.1 Å². The third-order valence-electron chi connectivity index (χ3n) is 1.90. The van der Waals surface area contributed by atoms with Crippen molar-refractivity contribution in [3.05, 3.63) is 35.9 Å². The maximum absolute atomic E-state index is 10.4. The summed E-state index contributed by atoms with van der Waals surface area (Å²) in [5.41, 5.74) is 1.07. The number of halogens is 1. The molecule has 1 aromatic carbocycles. The van der Waals surface area contributed by atoms with Gasteiger partial charge in [0.1, 0.15) is 5.38 Å². The van der Waals surface area contributed by atoms with Gasteiger partial charge in [-0.15, -0.1) is 11.6 Å². The Morgan fingerprint density at radius 2 is 2.07 bits per heavy atom. The van der Waals surface area contributed by atoms with Crippen LogP contribution in [0.3, 0.4) is 0 Å². The highest BCUT2D eigenvalue weighted by Crippen LogP contribution is 2.05. The summed E-state index contributed by atoms with van der Waals surface area (Å²) in [7, 11) is 0. The van der Waals surface area contributed by atoms with E-state index in [0.29, 0.717) is 19.6 Å². The van der Waals surface area contributed by atoms with Crippen LogP contribution in [0.15, 0.2) is 30.3 Å². The summed E-state index contributed by atoms with van der Waals surface area (Å²) in [5, 5.41) is 7.65. The number of carboxylic acids is 1. The molecule has 3 nitrogen and oxygen atoms in total. The zero-order chi connectivity index (χ0) is 11.1. The van der Waals surface area contributed by atoms with Gasteiger partial charge < -0.3 is 9.84 Å². The molecule has 0 aliphatic carbocycles. The quantitative estimate of drug-likeness (QED) is 0.600. The zero-order valence-corrected chi connectivity index (χ0v) is 8.98. The van der Waals surface area contributed by atoms with E-state index in [9.17, 15) is 4.79 Å². The fourth-order valence-electron chi connectivity index (χ4n) is 1.07. The number of carboxylic acid groups (broad SMARTS) is 1. The first kappa shape index (κ1) is 12.0. The van der Waals surface area contributed by atoms with Crippen LogP contribution in [-0.2, 0) is 16.1 Å². The van der Waals surface area contributed by atoms with Gasteiger partial charge in [-0.05, 0) is 12.0 Å². The molecule has 0 aliphatic heterocycles. The molecule has 0 aliphatic rings. The second-order valence-electron chi connectivity index (χ2n) is 3.13. The normalized spacial score (nSPS) is 12.3. The molecule has 0 fully saturated rings.